The minimum Gasteiger partial charge on any atom is -0.482 e. The summed E-state index contributed by atoms with van der Waals surface area (Å²) in [6, 6.07) is 12.9. The molecule has 7 heteroatoms. The number of aromatic nitrogens is 1. The zero-order chi connectivity index (χ0) is 21.3. The maximum Gasteiger partial charge on any atom is 0.338 e. The lowest BCUT2D eigenvalue weighted by molar-refractivity contribution is -0.121. The summed E-state index contributed by atoms with van der Waals surface area (Å²) in [4.78, 5) is 31.1. The Morgan fingerprint density at radius 3 is 2.83 bits per heavy atom. The Labute approximate surface area is 179 Å². The van der Waals surface area contributed by atoms with Crippen molar-refractivity contribution in [2.75, 3.05) is 11.5 Å². The predicted octanol–water partition coefficient (Wildman–Crippen LogP) is 4.61. The highest BCUT2D eigenvalue weighted by molar-refractivity contribution is 7.09. The number of amides is 1. The molecule has 3 aromatic rings. The number of nitrogens with zero attached hydrogens (tertiary/aromatic N) is 2. The number of anilines is 1. The fraction of sp³-hybridized carbons (Fsp3) is 0.261. The molecular weight excluding hydrogens is 400 g/mol. The molecule has 1 aliphatic rings. The van der Waals surface area contributed by atoms with Crippen LogP contribution in [0.5, 0.6) is 5.75 Å². The number of ether oxygens (including phenoxy) is 2. The van der Waals surface area contributed by atoms with Crippen LogP contribution in [0.3, 0.4) is 0 Å². The Morgan fingerprint density at radius 1 is 1.27 bits per heavy atom. The van der Waals surface area contributed by atoms with Gasteiger partial charge in [0.25, 0.3) is 5.91 Å². The van der Waals surface area contributed by atoms with Crippen LogP contribution in [0.4, 0.5) is 5.69 Å². The molecule has 0 atom stereocenters. The lowest BCUT2D eigenvalue weighted by Crippen LogP contribution is -2.38. The Hall–Kier alpha value is -3.19. The quantitative estimate of drug-likeness (QED) is 0.562. The molecule has 1 amide bonds. The molecule has 0 saturated heterocycles. The summed E-state index contributed by atoms with van der Waals surface area (Å²) in [5.74, 6) is 0.145. The lowest BCUT2D eigenvalue weighted by atomic mass is 10.1. The van der Waals surface area contributed by atoms with E-state index in [2.05, 4.69) is 4.98 Å². The van der Waals surface area contributed by atoms with Crippen molar-refractivity contribution in [1.82, 2.24) is 4.98 Å². The smallest absolute Gasteiger partial charge is 0.338 e. The second-order valence-electron chi connectivity index (χ2n) is 7.36. The maximum atomic E-state index is 12.7. The molecule has 0 fully saturated rings. The molecule has 0 radical (unpaired) electrons. The third-order valence-corrected chi connectivity index (χ3v) is 5.44. The van der Waals surface area contributed by atoms with Gasteiger partial charge >= 0.3 is 5.97 Å². The number of hydrogen-bond donors (Lipinski definition) is 0. The first-order chi connectivity index (χ1) is 14.4. The van der Waals surface area contributed by atoms with Crippen LogP contribution in [0.25, 0.3) is 11.3 Å². The van der Waals surface area contributed by atoms with E-state index in [9.17, 15) is 9.59 Å². The molecule has 154 valence electrons. The standard InChI is InChI=1S/C23H22N2O4S/c1-14(2)29-23(27)18-6-4-5-16(9-18)11-25-20-10-17(19-13-30-15(3)24-19)7-8-21(20)28-12-22(25)26/h4-10,13-14H,11-12H2,1-3H3. The van der Waals surface area contributed by atoms with Gasteiger partial charge in [-0.3, -0.25) is 4.79 Å². The van der Waals surface area contributed by atoms with Gasteiger partial charge in [0, 0.05) is 10.9 Å². The van der Waals surface area contributed by atoms with E-state index in [4.69, 9.17) is 9.47 Å². The van der Waals surface area contributed by atoms with Crippen LogP contribution in [-0.4, -0.2) is 29.6 Å². The van der Waals surface area contributed by atoms with Crippen molar-refractivity contribution in [2.24, 2.45) is 0 Å². The number of hydrogen-bond acceptors (Lipinski definition) is 6. The normalized spacial score (nSPS) is 13.2. The van der Waals surface area contributed by atoms with Gasteiger partial charge in [-0.25, -0.2) is 9.78 Å². The number of fused-ring (bicyclic) bond motifs is 1. The number of esters is 1. The van der Waals surface area contributed by atoms with E-state index in [-0.39, 0.29) is 24.6 Å². The van der Waals surface area contributed by atoms with E-state index in [0.29, 0.717) is 23.5 Å². The zero-order valence-corrected chi connectivity index (χ0v) is 17.9. The molecule has 2 aromatic carbocycles. The van der Waals surface area contributed by atoms with Crippen LogP contribution < -0.4 is 9.64 Å². The van der Waals surface area contributed by atoms with Crippen LogP contribution in [0, 0.1) is 6.92 Å². The van der Waals surface area contributed by atoms with Gasteiger partial charge in [0.15, 0.2) is 6.61 Å². The lowest BCUT2D eigenvalue weighted by Gasteiger charge is -2.30. The Bertz CT molecular complexity index is 1110. The van der Waals surface area contributed by atoms with E-state index in [1.807, 2.05) is 50.4 Å². The molecule has 0 N–H and O–H groups in total. The average molecular weight is 423 g/mol. The minimum atomic E-state index is -0.373. The van der Waals surface area contributed by atoms with Crippen molar-refractivity contribution >= 4 is 28.9 Å². The van der Waals surface area contributed by atoms with E-state index < -0.39 is 0 Å². The monoisotopic (exact) mass is 422 g/mol. The van der Waals surface area contributed by atoms with Crippen LogP contribution in [0.15, 0.2) is 47.8 Å². The molecule has 6 nitrogen and oxygen atoms in total. The SMILES string of the molecule is Cc1nc(-c2ccc3c(c2)N(Cc2cccc(C(=O)OC(C)C)c2)C(=O)CO3)cs1. The molecule has 0 unspecified atom stereocenters. The van der Waals surface area contributed by atoms with Crippen LogP contribution in [0.1, 0.15) is 34.8 Å². The van der Waals surface area contributed by atoms with E-state index >= 15 is 0 Å². The van der Waals surface area contributed by atoms with Gasteiger partial charge in [-0.2, -0.15) is 0 Å². The van der Waals surface area contributed by atoms with Crippen molar-refractivity contribution in [3.63, 3.8) is 0 Å². The number of thiazole rings is 1. The summed E-state index contributed by atoms with van der Waals surface area (Å²) in [7, 11) is 0. The number of rotatable bonds is 5. The topological polar surface area (TPSA) is 68.7 Å². The molecule has 2 heterocycles. The summed E-state index contributed by atoms with van der Waals surface area (Å²) in [5, 5.41) is 2.98. The van der Waals surface area contributed by atoms with E-state index in [1.165, 1.54) is 0 Å². The molecular formula is C23H22N2O4S. The number of carbonyl (C=O) groups is 2. The average Bonchev–Trinajstić information content (AvgIpc) is 3.16. The predicted molar refractivity (Wildman–Crippen MR) is 116 cm³/mol. The zero-order valence-electron chi connectivity index (χ0n) is 17.0. The number of aryl methyl sites for hydroxylation is 1. The molecule has 0 bridgehead atoms. The first-order valence-electron chi connectivity index (χ1n) is 9.70. The highest BCUT2D eigenvalue weighted by atomic mass is 32.1. The number of benzene rings is 2. The maximum absolute atomic E-state index is 12.7. The summed E-state index contributed by atoms with van der Waals surface area (Å²) in [5.41, 5.74) is 3.80. The van der Waals surface area contributed by atoms with Crippen molar-refractivity contribution < 1.29 is 19.1 Å². The summed E-state index contributed by atoms with van der Waals surface area (Å²) in [6.45, 7) is 5.90. The fourth-order valence-electron chi connectivity index (χ4n) is 3.29. The van der Waals surface area contributed by atoms with Gasteiger partial charge < -0.3 is 14.4 Å². The van der Waals surface area contributed by atoms with Gasteiger partial charge in [-0.05, 0) is 56.7 Å². The fourth-order valence-corrected chi connectivity index (χ4v) is 3.91. The highest BCUT2D eigenvalue weighted by Gasteiger charge is 2.26. The Morgan fingerprint density at radius 2 is 2.10 bits per heavy atom. The highest BCUT2D eigenvalue weighted by Crippen LogP contribution is 2.37. The van der Waals surface area contributed by atoms with Crippen molar-refractivity contribution in [3.8, 4) is 17.0 Å². The third kappa shape index (κ3) is 4.21. The van der Waals surface area contributed by atoms with Gasteiger partial charge in [0.2, 0.25) is 0 Å². The Balaban J connectivity index is 1.64. The largest absolute Gasteiger partial charge is 0.482 e. The van der Waals surface area contributed by atoms with Gasteiger partial charge in [0.05, 0.1) is 34.6 Å². The van der Waals surface area contributed by atoms with Gasteiger partial charge in [0.1, 0.15) is 5.75 Å². The molecule has 0 saturated carbocycles. The van der Waals surface area contributed by atoms with Crippen LogP contribution >= 0.6 is 11.3 Å². The van der Waals surface area contributed by atoms with E-state index in [1.54, 1.807) is 34.4 Å². The van der Waals surface area contributed by atoms with Crippen molar-refractivity contribution in [1.29, 1.82) is 0 Å². The molecule has 1 aromatic heterocycles. The first kappa shape index (κ1) is 20.1. The van der Waals surface area contributed by atoms with Crippen LogP contribution in [-0.2, 0) is 16.1 Å². The second-order valence-corrected chi connectivity index (χ2v) is 8.42. The number of carbonyl (C=O) groups excluding carboxylic acids is 2. The van der Waals surface area contributed by atoms with Crippen LogP contribution in [0.2, 0.25) is 0 Å². The second kappa shape index (κ2) is 8.28. The molecule has 1 aliphatic heterocycles. The molecule has 0 spiro atoms. The third-order valence-electron chi connectivity index (χ3n) is 4.66. The summed E-state index contributed by atoms with van der Waals surface area (Å²) in [6.07, 6.45) is -0.193. The van der Waals surface area contributed by atoms with Gasteiger partial charge in [-0.15, -0.1) is 11.3 Å². The Kier molecular flexibility index (Phi) is 5.55. The molecule has 4 rings (SSSR count). The summed E-state index contributed by atoms with van der Waals surface area (Å²) >= 11 is 1.58. The van der Waals surface area contributed by atoms with Crippen molar-refractivity contribution in [2.45, 2.75) is 33.4 Å². The summed E-state index contributed by atoms with van der Waals surface area (Å²) < 4.78 is 10.9. The first-order valence-corrected chi connectivity index (χ1v) is 10.6. The molecule has 0 aliphatic carbocycles. The van der Waals surface area contributed by atoms with E-state index in [0.717, 1.165) is 21.8 Å². The minimum absolute atomic E-state index is 0.0166. The van der Waals surface area contributed by atoms with Gasteiger partial charge in [-0.1, -0.05) is 12.1 Å². The molecule has 30 heavy (non-hydrogen) atoms. The van der Waals surface area contributed by atoms with Crippen molar-refractivity contribution in [3.05, 3.63) is 64.0 Å².